The number of urea groups is 1. The van der Waals surface area contributed by atoms with E-state index >= 15 is 0 Å². The first kappa shape index (κ1) is 16.4. The zero-order valence-electron chi connectivity index (χ0n) is 11.4. The number of carboxylic acids is 1. The van der Waals surface area contributed by atoms with Gasteiger partial charge < -0.3 is 21.5 Å². The van der Waals surface area contributed by atoms with E-state index in [9.17, 15) is 14.4 Å². The number of nitrogens with zero attached hydrogens (tertiary/aromatic N) is 1. The Kier molecular flexibility index (Phi) is 6.66. The largest absolute Gasteiger partial charge is 0.480 e. The van der Waals surface area contributed by atoms with Crippen molar-refractivity contribution in [1.29, 1.82) is 0 Å². The lowest BCUT2D eigenvalue weighted by Gasteiger charge is -2.14. The first-order valence-corrected chi connectivity index (χ1v) is 6.44. The highest BCUT2D eigenvalue weighted by Crippen LogP contribution is 1.97. The van der Waals surface area contributed by atoms with E-state index in [0.29, 0.717) is 13.0 Å². The Labute approximate surface area is 121 Å². The standard InChI is InChI=1S/C13H18N4O4/c14-11(18)5-4-10(12(19)20)17-13(21)16-8-6-9-3-1-2-7-15-9/h1-3,7,10H,4-6,8H2,(H2,14,18)(H,19,20)(H2,16,17,21). The SMILES string of the molecule is NC(=O)CCC(NC(=O)NCCc1ccccn1)C(=O)O. The number of nitrogens with one attached hydrogen (secondary N) is 2. The number of primary amides is 1. The summed E-state index contributed by atoms with van der Waals surface area (Å²) in [6.45, 7) is 0.324. The highest BCUT2D eigenvalue weighted by molar-refractivity contribution is 5.83. The van der Waals surface area contributed by atoms with Crippen molar-refractivity contribution in [2.45, 2.75) is 25.3 Å². The van der Waals surface area contributed by atoms with Crippen molar-refractivity contribution in [1.82, 2.24) is 15.6 Å². The first-order valence-electron chi connectivity index (χ1n) is 6.44. The molecule has 0 fully saturated rings. The van der Waals surface area contributed by atoms with Gasteiger partial charge in [0.1, 0.15) is 6.04 Å². The van der Waals surface area contributed by atoms with Gasteiger partial charge in [0.25, 0.3) is 0 Å². The summed E-state index contributed by atoms with van der Waals surface area (Å²) in [5.41, 5.74) is 5.77. The maximum absolute atomic E-state index is 11.6. The molecule has 0 aromatic carbocycles. The van der Waals surface area contributed by atoms with E-state index in [2.05, 4.69) is 15.6 Å². The number of carbonyl (C=O) groups is 3. The van der Waals surface area contributed by atoms with E-state index in [1.165, 1.54) is 0 Å². The van der Waals surface area contributed by atoms with Gasteiger partial charge in [-0.3, -0.25) is 9.78 Å². The topological polar surface area (TPSA) is 134 Å². The molecule has 1 rings (SSSR count). The fourth-order valence-corrected chi connectivity index (χ4v) is 1.60. The number of aliphatic carboxylic acids is 1. The molecule has 0 saturated carbocycles. The summed E-state index contributed by atoms with van der Waals surface area (Å²) < 4.78 is 0. The van der Waals surface area contributed by atoms with Crippen LogP contribution in [0.15, 0.2) is 24.4 Å². The van der Waals surface area contributed by atoms with E-state index in [1.54, 1.807) is 12.3 Å². The molecule has 0 bridgehead atoms. The van der Waals surface area contributed by atoms with E-state index < -0.39 is 23.9 Å². The van der Waals surface area contributed by atoms with Gasteiger partial charge in [-0.05, 0) is 18.6 Å². The number of nitrogens with two attached hydrogens (primary N) is 1. The second-order valence-corrected chi connectivity index (χ2v) is 4.37. The third-order valence-electron chi connectivity index (χ3n) is 2.68. The van der Waals surface area contributed by atoms with Crippen LogP contribution in [0.5, 0.6) is 0 Å². The van der Waals surface area contributed by atoms with Crippen molar-refractivity contribution < 1.29 is 19.5 Å². The smallest absolute Gasteiger partial charge is 0.326 e. The molecule has 1 atom stereocenters. The molecule has 3 amide bonds. The van der Waals surface area contributed by atoms with Crippen molar-refractivity contribution in [2.24, 2.45) is 5.73 Å². The van der Waals surface area contributed by atoms with Crippen LogP contribution < -0.4 is 16.4 Å². The summed E-state index contributed by atoms with van der Waals surface area (Å²) >= 11 is 0. The third-order valence-corrected chi connectivity index (χ3v) is 2.68. The summed E-state index contributed by atoms with van der Waals surface area (Å²) in [7, 11) is 0. The molecule has 1 aromatic rings. The quantitative estimate of drug-likeness (QED) is 0.519. The number of rotatable bonds is 8. The maximum Gasteiger partial charge on any atom is 0.326 e. The summed E-state index contributed by atoms with van der Waals surface area (Å²) in [4.78, 5) is 37.2. The zero-order chi connectivity index (χ0) is 15.7. The molecular weight excluding hydrogens is 276 g/mol. The van der Waals surface area contributed by atoms with Crippen LogP contribution >= 0.6 is 0 Å². The Morgan fingerprint density at radius 3 is 2.67 bits per heavy atom. The third kappa shape index (κ3) is 6.90. The number of amides is 3. The summed E-state index contributed by atoms with van der Waals surface area (Å²) in [5, 5.41) is 13.7. The fraction of sp³-hybridized carbons (Fsp3) is 0.385. The van der Waals surface area contributed by atoms with Crippen LogP contribution in [0.1, 0.15) is 18.5 Å². The molecule has 21 heavy (non-hydrogen) atoms. The van der Waals surface area contributed by atoms with Crippen LogP contribution in [-0.2, 0) is 16.0 Å². The summed E-state index contributed by atoms with van der Waals surface area (Å²) in [6.07, 6.45) is 2.04. The van der Waals surface area contributed by atoms with E-state index in [0.717, 1.165) is 5.69 Å². The average Bonchev–Trinajstić information content (AvgIpc) is 2.44. The molecule has 5 N–H and O–H groups in total. The monoisotopic (exact) mass is 294 g/mol. The second-order valence-electron chi connectivity index (χ2n) is 4.37. The number of carboxylic acid groups (broad SMARTS) is 1. The number of pyridine rings is 1. The van der Waals surface area contributed by atoms with Crippen molar-refractivity contribution in [3.8, 4) is 0 Å². The molecule has 1 aromatic heterocycles. The van der Waals surface area contributed by atoms with Crippen LogP contribution in [-0.4, -0.2) is 40.6 Å². The Hall–Kier alpha value is -2.64. The average molecular weight is 294 g/mol. The molecule has 0 radical (unpaired) electrons. The molecule has 0 aliphatic rings. The van der Waals surface area contributed by atoms with Gasteiger partial charge in [0.15, 0.2) is 0 Å². The maximum atomic E-state index is 11.6. The minimum Gasteiger partial charge on any atom is -0.480 e. The lowest BCUT2D eigenvalue weighted by molar-refractivity contribution is -0.139. The minimum absolute atomic E-state index is 0.0433. The molecule has 0 aliphatic carbocycles. The summed E-state index contributed by atoms with van der Waals surface area (Å²) in [6, 6.07) is 3.70. The lowest BCUT2D eigenvalue weighted by Crippen LogP contribution is -2.46. The van der Waals surface area contributed by atoms with Crippen LogP contribution in [0.2, 0.25) is 0 Å². The minimum atomic E-state index is -1.21. The molecule has 0 aliphatic heterocycles. The second kappa shape index (κ2) is 8.51. The highest BCUT2D eigenvalue weighted by Gasteiger charge is 2.20. The van der Waals surface area contributed by atoms with Crippen molar-refractivity contribution in [2.75, 3.05) is 6.54 Å². The van der Waals surface area contributed by atoms with Crippen LogP contribution in [0.4, 0.5) is 4.79 Å². The Morgan fingerprint density at radius 1 is 1.33 bits per heavy atom. The molecule has 8 nitrogen and oxygen atoms in total. The van der Waals surface area contributed by atoms with Crippen LogP contribution in [0.25, 0.3) is 0 Å². The fourth-order valence-electron chi connectivity index (χ4n) is 1.60. The van der Waals surface area contributed by atoms with Gasteiger partial charge in [0.05, 0.1) is 0 Å². The highest BCUT2D eigenvalue weighted by atomic mass is 16.4. The van der Waals surface area contributed by atoms with Crippen molar-refractivity contribution in [3.63, 3.8) is 0 Å². The van der Waals surface area contributed by atoms with Gasteiger partial charge in [-0.1, -0.05) is 6.07 Å². The molecule has 1 heterocycles. The predicted octanol–water partition coefficient (Wildman–Crippen LogP) is -0.358. The number of hydrogen-bond acceptors (Lipinski definition) is 4. The van der Waals surface area contributed by atoms with E-state index in [-0.39, 0.29) is 12.8 Å². The molecule has 8 heteroatoms. The molecule has 1 unspecified atom stereocenters. The number of aromatic nitrogens is 1. The molecular formula is C13H18N4O4. The first-order chi connectivity index (χ1) is 9.99. The van der Waals surface area contributed by atoms with Gasteiger partial charge in [0, 0.05) is 31.3 Å². The zero-order valence-corrected chi connectivity index (χ0v) is 11.4. The van der Waals surface area contributed by atoms with Gasteiger partial charge >= 0.3 is 12.0 Å². The van der Waals surface area contributed by atoms with Gasteiger partial charge in [-0.2, -0.15) is 0 Å². The van der Waals surface area contributed by atoms with Crippen LogP contribution in [0, 0.1) is 0 Å². The lowest BCUT2D eigenvalue weighted by atomic mass is 10.1. The molecule has 0 spiro atoms. The normalized spacial score (nSPS) is 11.4. The van der Waals surface area contributed by atoms with Crippen molar-refractivity contribution in [3.05, 3.63) is 30.1 Å². The molecule has 0 saturated heterocycles. The predicted molar refractivity (Wildman–Crippen MR) is 74.3 cm³/mol. The summed E-state index contributed by atoms with van der Waals surface area (Å²) in [5.74, 6) is -1.82. The van der Waals surface area contributed by atoms with Crippen molar-refractivity contribution >= 4 is 17.9 Å². The molecule has 114 valence electrons. The number of carbonyl (C=O) groups excluding carboxylic acids is 2. The Morgan fingerprint density at radius 2 is 2.10 bits per heavy atom. The van der Waals surface area contributed by atoms with Gasteiger partial charge in [-0.25, -0.2) is 9.59 Å². The van der Waals surface area contributed by atoms with E-state index in [1.807, 2.05) is 12.1 Å². The van der Waals surface area contributed by atoms with Gasteiger partial charge in [0.2, 0.25) is 5.91 Å². The Bertz CT molecular complexity index is 492. The Balaban J connectivity index is 2.33. The van der Waals surface area contributed by atoms with Gasteiger partial charge in [-0.15, -0.1) is 0 Å². The number of hydrogen-bond donors (Lipinski definition) is 4. The van der Waals surface area contributed by atoms with E-state index in [4.69, 9.17) is 10.8 Å². The van der Waals surface area contributed by atoms with Crippen LogP contribution in [0.3, 0.4) is 0 Å².